The number of nitrogens with one attached hydrogen (secondary N) is 2. The van der Waals surface area contributed by atoms with Gasteiger partial charge in [-0.2, -0.15) is 0 Å². The molecular formula is C11H19ClN2O3. The summed E-state index contributed by atoms with van der Waals surface area (Å²) < 4.78 is 5.25. The molecule has 1 fully saturated rings. The number of hydrogen-bond acceptors (Lipinski definition) is 3. The van der Waals surface area contributed by atoms with E-state index in [1.807, 2.05) is 6.92 Å². The summed E-state index contributed by atoms with van der Waals surface area (Å²) in [5.74, 6) is 0.281. The van der Waals surface area contributed by atoms with Gasteiger partial charge in [-0.25, -0.2) is 4.79 Å². The highest BCUT2D eigenvalue weighted by molar-refractivity contribution is 6.19. The van der Waals surface area contributed by atoms with Crippen LogP contribution in [0.15, 0.2) is 0 Å². The first-order valence-corrected chi connectivity index (χ1v) is 6.41. The van der Waals surface area contributed by atoms with Gasteiger partial charge in [0.2, 0.25) is 5.91 Å². The first-order valence-electron chi connectivity index (χ1n) is 5.87. The number of rotatable bonds is 4. The van der Waals surface area contributed by atoms with Crippen molar-refractivity contribution in [2.45, 2.75) is 32.2 Å². The van der Waals surface area contributed by atoms with E-state index in [0.29, 0.717) is 5.92 Å². The number of hydrogen-bond donors (Lipinski definition) is 2. The van der Waals surface area contributed by atoms with Crippen LogP contribution in [0.5, 0.6) is 0 Å². The van der Waals surface area contributed by atoms with Gasteiger partial charge < -0.3 is 10.1 Å². The van der Waals surface area contributed by atoms with E-state index < -0.39 is 6.03 Å². The quantitative estimate of drug-likeness (QED) is 0.750. The predicted octanol–water partition coefficient (Wildman–Crippen LogP) is 1.26. The molecule has 0 aliphatic carbocycles. The van der Waals surface area contributed by atoms with Gasteiger partial charge in [0.25, 0.3) is 0 Å². The van der Waals surface area contributed by atoms with E-state index in [4.69, 9.17) is 16.3 Å². The summed E-state index contributed by atoms with van der Waals surface area (Å²) in [6, 6.07) is -0.401. The Balaban J connectivity index is 2.26. The maximum absolute atomic E-state index is 11.5. The zero-order valence-electron chi connectivity index (χ0n) is 10.0. The molecule has 1 saturated heterocycles. The number of urea groups is 1. The SMILES string of the molecule is CC(NC(=O)NC(=O)CCCl)C1CCOCC1. The molecule has 1 rings (SSSR count). The molecule has 3 amide bonds. The summed E-state index contributed by atoms with van der Waals surface area (Å²) in [5, 5.41) is 5.02. The molecule has 1 atom stereocenters. The lowest BCUT2D eigenvalue weighted by molar-refractivity contribution is -0.119. The molecule has 5 nitrogen and oxygen atoms in total. The Morgan fingerprint density at radius 3 is 2.65 bits per heavy atom. The number of imide groups is 1. The van der Waals surface area contributed by atoms with Crippen molar-refractivity contribution in [3.8, 4) is 0 Å². The number of amides is 3. The van der Waals surface area contributed by atoms with Crippen LogP contribution in [0.25, 0.3) is 0 Å². The highest BCUT2D eigenvalue weighted by Crippen LogP contribution is 2.18. The lowest BCUT2D eigenvalue weighted by atomic mass is 9.93. The van der Waals surface area contributed by atoms with Gasteiger partial charge in [-0.05, 0) is 25.7 Å². The average molecular weight is 263 g/mol. The largest absolute Gasteiger partial charge is 0.381 e. The summed E-state index contributed by atoms with van der Waals surface area (Å²) in [6.07, 6.45) is 2.04. The van der Waals surface area contributed by atoms with E-state index in [1.165, 1.54) is 0 Å². The van der Waals surface area contributed by atoms with Crippen LogP contribution < -0.4 is 10.6 Å². The van der Waals surface area contributed by atoms with Gasteiger partial charge in [0.15, 0.2) is 0 Å². The standard InChI is InChI=1S/C11H19ClN2O3/c1-8(9-3-6-17-7-4-9)13-11(16)14-10(15)2-5-12/h8-9H,2-7H2,1H3,(H2,13,14,15,16). The van der Waals surface area contributed by atoms with Gasteiger partial charge in [-0.3, -0.25) is 10.1 Å². The lowest BCUT2D eigenvalue weighted by Crippen LogP contribution is -2.47. The smallest absolute Gasteiger partial charge is 0.321 e. The van der Waals surface area contributed by atoms with E-state index in [2.05, 4.69) is 10.6 Å². The van der Waals surface area contributed by atoms with Gasteiger partial charge in [0.1, 0.15) is 0 Å². The average Bonchev–Trinajstić information content (AvgIpc) is 2.30. The van der Waals surface area contributed by atoms with Crippen LogP contribution in [0, 0.1) is 5.92 Å². The highest BCUT2D eigenvalue weighted by Gasteiger charge is 2.22. The fraction of sp³-hybridized carbons (Fsp3) is 0.818. The summed E-state index contributed by atoms with van der Waals surface area (Å²) in [6.45, 7) is 3.43. The molecule has 1 aliphatic rings. The summed E-state index contributed by atoms with van der Waals surface area (Å²) >= 11 is 5.40. The molecule has 0 radical (unpaired) electrons. The summed E-state index contributed by atoms with van der Waals surface area (Å²) in [5.41, 5.74) is 0. The third-order valence-corrected chi connectivity index (χ3v) is 3.10. The van der Waals surface area contributed by atoms with Crippen molar-refractivity contribution in [2.75, 3.05) is 19.1 Å². The van der Waals surface area contributed by atoms with Crippen LogP contribution in [0.3, 0.4) is 0 Å². The van der Waals surface area contributed by atoms with Crippen molar-refractivity contribution in [3.63, 3.8) is 0 Å². The molecule has 2 N–H and O–H groups in total. The first kappa shape index (κ1) is 14.3. The minimum atomic E-state index is -0.445. The van der Waals surface area contributed by atoms with Crippen LogP contribution in [0.4, 0.5) is 4.79 Å². The molecule has 0 aromatic carbocycles. The second kappa shape index (κ2) is 7.50. The van der Waals surface area contributed by atoms with Gasteiger partial charge in [0, 0.05) is 31.6 Å². The van der Waals surface area contributed by atoms with Crippen molar-refractivity contribution in [1.82, 2.24) is 10.6 Å². The molecule has 98 valence electrons. The van der Waals surface area contributed by atoms with Gasteiger partial charge >= 0.3 is 6.03 Å². The van der Waals surface area contributed by atoms with E-state index >= 15 is 0 Å². The van der Waals surface area contributed by atoms with E-state index in [9.17, 15) is 9.59 Å². The summed E-state index contributed by atoms with van der Waals surface area (Å²) in [7, 11) is 0. The van der Waals surface area contributed by atoms with Gasteiger partial charge in [-0.1, -0.05) is 0 Å². The Labute approximate surface area is 106 Å². The maximum atomic E-state index is 11.5. The number of ether oxygens (including phenoxy) is 1. The number of halogens is 1. The fourth-order valence-corrected chi connectivity index (χ4v) is 2.02. The lowest BCUT2D eigenvalue weighted by Gasteiger charge is -2.28. The molecule has 17 heavy (non-hydrogen) atoms. The van der Waals surface area contributed by atoms with Gasteiger partial charge in [-0.15, -0.1) is 11.6 Å². The van der Waals surface area contributed by atoms with E-state index in [1.54, 1.807) is 0 Å². The van der Waals surface area contributed by atoms with Crippen LogP contribution in [-0.4, -0.2) is 37.1 Å². The Bertz CT molecular complexity index is 267. The third kappa shape index (κ3) is 5.37. The van der Waals surface area contributed by atoms with E-state index in [0.717, 1.165) is 26.1 Å². The second-order valence-corrected chi connectivity index (χ2v) is 4.58. The number of alkyl halides is 1. The molecule has 1 heterocycles. The molecular weight excluding hydrogens is 244 g/mol. The van der Waals surface area contributed by atoms with Crippen molar-refractivity contribution in [3.05, 3.63) is 0 Å². The summed E-state index contributed by atoms with van der Waals surface area (Å²) in [4.78, 5) is 22.6. The second-order valence-electron chi connectivity index (χ2n) is 4.20. The van der Waals surface area contributed by atoms with Crippen molar-refractivity contribution in [1.29, 1.82) is 0 Å². The molecule has 0 aromatic rings. The predicted molar refractivity (Wildman–Crippen MR) is 65.0 cm³/mol. The normalized spacial score (nSPS) is 18.5. The third-order valence-electron chi connectivity index (χ3n) is 2.91. The topological polar surface area (TPSA) is 67.4 Å². The zero-order valence-corrected chi connectivity index (χ0v) is 10.8. The molecule has 0 spiro atoms. The first-order chi connectivity index (χ1) is 8.13. The molecule has 1 aliphatic heterocycles. The number of carbonyl (C=O) groups excluding carboxylic acids is 2. The van der Waals surface area contributed by atoms with Crippen LogP contribution in [-0.2, 0) is 9.53 Å². The Kier molecular flexibility index (Phi) is 6.29. The van der Waals surface area contributed by atoms with Crippen molar-refractivity contribution >= 4 is 23.5 Å². The highest BCUT2D eigenvalue weighted by atomic mass is 35.5. The molecule has 0 bridgehead atoms. The minimum absolute atomic E-state index is 0.0442. The molecule has 6 heteroatoms. The monoisotopic (exact) mass is 262 g/mol. The van der Waals surface area contributed by atoms with Crippen LogP contribution in [0.1, 0.15) is 26.2 Å². The minimum Gasteiger partial charge on any atom is -0.381 e. The maximum Gasteiger partial charge on any atom is 0.321 e. The van der Waals surface area contributed by atoms with Crippen LogP contribution in [0.2, 0.25) is 0 Å². The number of carbonyl (C=O) groups is 2. The van der Waals surface area contributed by atoms with Crippen molar-refractivity contribution in [2.24, 2.45) is 5.92 Å². The van der Waals surface area contributed by atoms with Crippen molar-refractivity contribution < 1.29 is 14.3 Å². The Morgan fingerprint density at radius 1 is 1.41 bits per heavy atom. The fourth-order valence-electron chi connectivity index (χ4n) is 1.85. The Hall–Kier alpha value is -0.810. The molecule has 1 unspecified atom stereocenters. The molecule has 0 saturated carbocycles. The zero-order chi connectivity index (χ0) is 12.7. The Morgan fingerprint density at radius 2 is 2.06 bits per heavy atom. The van der Waals surface area contributed by atoms with E-state index in [-0.39, 0.29) is 24.2 Å². The van der Waals surface area contributed by atoms with Gasteiger partial charge in [0.05, 0.1) is 0 Å². The molecule has 0 aromatic heterocycles. The van der Waals surface area contributed by atoms with Crippen LogP contribution >= 0.6 is 11.6 Å².